The number of aromatic nitrogens is 2. The summed E-state index contributed by atoms with van der Waals surface area (Å²) in [6.45, 7) is 0.183. The van der Waals surface area contributed by atoms with Crippen molar-refractivity contribution in [2.75, 3.05) is 0 Å². The number of nitrogens with zero attached hydrogens (tertiary/aromatic N) is 2. The van der Waals surface area contributed by atoms with Crippen molar-refractivity contribution in [2.24, 2.45) is 0 Å². The molecule has 1 amide bonds. The van der Waals surface area contributed by atoms with Gasteiger partial charge in [-0.1, -0.05) is 24.3 Å². The number of carbonyl (C=O) groups is 2. The number of aromatic amines is 1. The molecule has 2 heterocycles. The monoisotopic (exact) mass is 299 g/mol. The quantitative estimate of drug-likeness (QED) is 0.836. The standard InChI is InChI=1S/C15H13N3O4/c19-13-7-16-6-11(17-13)14(20)18-8-10-4-2-1-3-9(10)5-12(18)15(21)22/h1-4,6-7,12H,5,8H2,(H,17,19)(H,21,22). The summed E-state index contributed by atoms with van der Waals surface area (Å²) < 4.78 is 0. The van der Waals surface area contributed by atoms with Gasteiger partial charge in [-0.3, -0.25) is 14.6 Å². The lowest BCUT2D eigenvalue weighted by Gasteiger charge is -2.34. The number of hydrogen-bond donors (Lipinski definition) is 2. The Hall–Kier alpha value is -2.96. The lowest BCUT2D eigenvalue weighted by molar-refractivity contribution is -0.142. The summed E-state index contributed by atoms with van der Waals surface area (Å²) in [5.74, 6) is -1.62. The van der Waals surface area contributed by atoms with Gasteiger partial charge in [0, 0.05) is 13.0 Å². The molecule has 3 rings (SSSR count). The van der Waals surface area contributed by atoms with Crippen molar-refractivity contribution >= 4 is 11.9 Å². The lowest BCUT2D eigenvalue weighted by atomic mass is 9.93. The molecule has 0 fully saturated rings. The first-order valence-electron chi connectivity index (χ1n) is 6.71. The second-order valence-corrected chi connectivity index (χ2v) is 5.07. The molecule has 1 aliphatic rings. The summed E-state index contributed by atoms with van der Waals surface area (Å²) in [6, 6.07) is 6.44. The van der Waals surface area contributed by atoms with Crippen LogP contribution >= 0.6 is 0 Å². The number of benzene rings is 1. The zero-order chi connectivity index (χ0) is 15.7. The van der Waals surface area contributed by atoms with Gasteiger partial charge in [-0.2, -0.15) is 0 Å². The van der Waals surface area contributed by atoms with Gasteiger partial charge in [0.05, 0.1) is 12.4 Å². The molecule has 2 aromatic rings. The average Bonchev–Trinajstić information content (AvgIpc) is 2.52. The van der Waals surface area contributed by atoms with Crippen LogP contribution in [0.4, 0.5) is 0 Å². The number of H-pyrrole nitrogens is 1. The fraction of sp³-hybridized carbons (Fsp3) is 0.200. The van der Waals surface area contributed by atoms with Crippen LogP contribution in [0, 0.1) is 0 Å². The Balaban J connectivity index is 1.99. The van der Waals surface area contributed by atoms with Gasteiger partial charge >= 0.3 is 5.97 Å². The Morgan fingerprint density at radius 1 is 1.23 bits per heavy atom. The van der Waals surface area contributed by atoms with E-state index in [2.05, 4.69) is 9.97 Å². The molecule has 1 unspecified atom stereocenters. The van der Waals surface area contributed by atoms with Crippen molar-refractivity contribution < 1.29 is 14.7 Å². The largest absolute Gasteiger partial charge is 0.480 e. The maximum Gasteiger partial charge on any atom is 0.326 e. The minimum atomic E-state index is -1.07. The van der Waals surface area contributed by atoms with Crippen molar-refractivity contribution in [3.05, 3.63) is 63.8 Å². The van der Waals surface area contributed by atoms with Gasteiger partial charge in [0.25, 0.3) is 11.5 Å². The van der Waals surface area contributed by atoms with E-state index in [4.69, 9.17) is 0 Å². The highest BCUT2D eigenvalue weighted by molar-refractivity contribution is 5.95. The molecule has 0 spiro atoms. The molecule has 0 aliphatic carbocycles. The Morgan fingerprint density at radius 2 is 1.95 bits per heavy atom. The maximum absolute atomic E-state index is 12.5. The number of aliphatic carboxylic acids is 1. The van der Waals surface area contributed by atoms with Gasteiger partial charge in [0.2, 0.25) is 0 Å². The molecule has 0 saturated heterocycles. The van der Waals surface area contributed by atoms with Crippen LogP contribution in [-0.2, 0) is 17.8 Å². The highest BCUT2D eigenvalue weighted by Crippen LogP contribution is 2.24. The third kappa shape index (κ3) is 2.48. The summed E-state index contributed by atoms with van der Waals surface area (Å²) in [5.41, 5.74) is 1.30. The minimum absolute atomic E-state index is 0.0156. The number of carboxylic acid groups (broad SMARTS) is 1. The fourth-order valence-electron chi connectivity index (χ4n) is 2.60. The first-order valence-corrected chi connectivity index (χ1v) is 6.71. The first-order chi connectivity index (χ1) is 10.6. The molecule has 7 nitrogen and oxygen atoms in total. The molecule has 112 valence electrons. The number of carbonyl (C=O) groups excluding carboxylic acids is 1. The second-order valence-electron chi connectivity index (χ2n) is 5.07. The lowest BCUT2D eigenvalue weighted by Crippen LogP contribution is -2.49. The highest BCUT2D eigenvalue weighted by atomic mass is 16.4. The van der Waals surface area contributed by atoms with E-state index in [1.807, 2.05) is 24.3 Å². The third-order valence-electron chi connectivity index (χ3n) is 3.68. The summed E-state index contributed by atoms with van der Waals surface area (Å²) >= 11 is 0. The predicted octanol–water partition coefficient (Wildman–Crippen LogP) is 0.422. The number of rotatable bonds is 2. The number of carboxylic acids is 1. The molecule has 1 atom stereocenters. The molecule has 1 aromatic carbocycles. The topological polar surface area (TPSA) is 103 Å². The number of fused-ring (bicyclic) bond motifs is 1. The molecule has 7 heteroatoms. The van der Waals surface area contributed by atoms with Gasteiger partial charge in [-0.05, 0) is 11.1 Å². The third-order valence-corrected chi connectivity index (χ3v) is 3.68. The van der Waals surface area contributed by atoms with Crippen molar-refractivity contribution in [3.8, 4) is 0 Å². The van der Waals surface area contributed by atoms with E-state index >= 15 is 0 Å². The zero-order valence-corrected chi connectivity index (χ0v) is 11.5. The summed E-state index contributed by atoms with van der Waals surface area (Å²) in [6.07, 6.45) is 2.52. The van der Waals surface area contributed by atoms with E-state index in [0.29, 0.717) is 0 Å². The zero-order valence-electron chi connectivity index (χ0n) is 11.5. The summed E-state index contributed by atoms with van der Waals surface area (Å²) in [7, 11) is 0. The van der Waals surface area contributed by atoms with Crippen LogP contribution in [-0.4, -0.2) is 37.9 Å². The second kappa shape index (κ2) is 5.44. The van der Waals surface area contributed by atoms with Gasteiger partial charge < -0.3 is 15.0 Å². The van der Waals surface area contributed by atoms with Gasteiger partial charge in [-0.25, -0.2) is 4.79 Å². The van der Waals surface area contributed by atoms with Crippen LogP contribution in [0.25, 0.3) is 0 Å². The van der Waals surface area contributed by atoms with E-state index in [1.54, 1.807) is 0 Å². The fourth-order valence-corrected chi connectivity index (χ4v) is 2.60. The van der Waals surface area contributed by atoms with Gasteiger partial charge in [-0.15, -0.1) is 0 Å². The van der Waals surface area contributed by atoms with Gasteiger partial charge in [0.1, 0.15) is 11.7 Å². The molecule has 0 radical (unpaired) electrons. The highest BCUT2D eigenvalue weighted by Gasteiger charge is 2.35. The van der Waals surface area contributed by atoms with E-state index in [-0.39, 0.29) is 18.7 Å². The van der Waals surface area contributed by atoms with Crippen molar-refractivity contribution in [1.29, 1.82) is 0 Å². The molecule has 0 bridgehead atoms. The van der Waals surface area contributed by atoms with Crippen LogP contribution < -0.4 is 5.56 Å². The molecule has 2 N–H and O–H groups in total. The SMILES string of the molecule is O=C(O)C1Cc2ccccc2CN1C(=O)c1cncc(=O)[nH]1. The molecular weight excluding hydrogens is 286 g/mol. The molecule has 22 heavy (non-hydrogen) atoms. The Bertz CT molecular complexity index is 799. The predicted molar refractivity (Wildman–Crippen MR) is 76.3 cm³/mol. The Labute approximate surface area is 125 Å². The van der Waals surface area contributed by atoms with Crippen LogP contribution in [0.15, 0.2) is 41.5 Å². The normalized spacial score (nSPS) is 16.9. The number of nitrogens with one attached hydrogen (secondary N) is 1. The van der Waals surface area contributed by atoms with Crippen LogP contribution in [0.1, 0.15) is 21.6 Å². The first kappa shape index (κ1) is 14.0. The summed E-state index contributed by atoms with van der Waals surface area (Å²) in [5, 5.41) is 9.40. The molecular formula is C15H13N3O4. The van der Waals surface area contributed by atoms with Crippen LogP contribution in [0.3, 0.4) is 0 Å². The Kier molecular flexibility index (Phi) is 3.46. The van der Waals surface area contributed by atoms with E-state index in [0.717, 1.165) is 17.3 Å². The van der Waals surface area contributed by atoms with Gasteiger partial charge in [0.15, 0.2) is 0 Å². The van der Waals surface area contributed by atoms with Crippen molar-refractivity contribution in [1.82, 2.24) is 14.9 Å². The molecule has 1 aliphatic heterocycles. The van der Waals surface area contributed by atoms with Crippen LogP contribution in [0.5, 0.6) is 0 Å². The summed E-state index contributed by atoms with van der Waals surface area (Å²) in [4.78, 5) is 42.6. The number of hydrogen-bond acceptors (Lipinski definition) is 4. The number of amides is 1. The average molecular weight is 299 g/mol. The Morgan fingerprint density at radius 3 is 2.64 bits per heavy atom. The van der Waals surface area contributed by atoms with Crippen molar-refractivity contribution in [2.45, 2.75) is 19.0 Å². The van der Waals surface area contributed by atoms with Crippen molar-refractivity contribution in [3.63, 3.8) is 0 Å². The van der Waals surface area contributed by atoms with Crippen LogP contribution in [0.2, 0.25) is 0 Å². The van der Waals surface area contributed by atoms with E-state index < -0.39 is 23.5 Å². The molecule has 1 aromatic heterocycles. The smallest absolute Gasteiger partial charge is 0.326 e. The molecule has 0 saturated carbocycles. The van der Waals surface area contributed by atoms with E-state index in [9.17, 15) is 19.5 Å². The maximum atomic E-state index is 12.5. The van der Waals surface area contributed by atoms with E-state index in [1.165, 1.54) is 11.1 Å². The minimum Gasteiger partial charge on any atom is -0.480 e.